The summed E-state index contributed by atoms with van der Waals surface area (Å²) in [5.41, 5.74) is 13.6. The highest BCUT2D eigenvalue weighted by Gasteiger charge is 2.50. The Morgan fingerprint density at radius 1 is 0.725 bits per heavy atom. The van der Waals surface area contributed by atoms with Crippen LogP contribution in [0.4, 0.5) is 0 Å². The lowest BCUT2D eigenvalue weighted by Gasteiger charge is -2.38. The van der Waals surface area contributed by atoms with Crippen molar-refractivity contribution < 1.29 is 0 Å². The van der Waals surface area contributed by atoms with Crippen molar-refractivity contribution in [3.63, 3.8) is 0 Å². The van der Waals surface area contributed by atoms with Gasteiger partial charge >= 0.3 is 0 Å². The van der Waals surface area contributed by atoms with E-state index in [1.807, 2.05) is 0 Å². The molecular formula is C40H44. The molecular weight excluding hydrogens is 480 g/mol. The summed E-state index contributed by atoms with van der Waals surface area (Å²) in [7, 11) is 0. The number of hydrogen-bond donors (Lipinski definition) is 0. The minimum Gasteiger partial charge on any atom is -0.0657 e. The van der Waals surface area contributed by atoms with E-state index in [-0.39, 0.29) is 10.8 Å². The number of allylic oxidation sites excluding steroid dienone is 4. The largest absolute Gasteiger partial charge is 0.0657 e. The van der Waals surface area contributed by atoms with Gasteiger partial charge in [-0.1, -0.05) is 113 Å². The van der Waals surface area contributed by atoms with Crippen molar-refractivity contribution >= 4 is 21.5 Å². The van der Waals surface area contributed by atoms with Gasteiger partial charge in [-0.05, 0) is 117 Å². The Morgan fingerprint density at radius 3 is 2.17 bits per heavy atom. The zero-order chi connectivity index (χ0) is 28.0. The molecule has 3 aliphatic carbocycles. The molecule has 7 rings (SSSR count). The van der Waals surface area contributed by atoms with Crippen molar-refractivity contribution in [3.8, 4) is 11.1 Å². The summed E-state index contributed by atoms with van der Waals surface area (Å²) in [6.07, 6.45) is 11.3. The lowest BCUT2D eigenvalue weighted by molar-refractivity contribution is 0.490. The highest BCUT2D eigenvalue weighted by Crippen LogP contribution is 2.64. The molecule has 4 aromatic rings. The topological polar surface area (TPSA) is 0 Å². The quantitative estimate of drug-likeness (QED) is 0.235. The second kappa shape index (κ2) is 8.94. The van der Waals surface area contributed by atoms with Crippen LogP contribution >= 0.6 is 0 Å². The normalized spacial score (nSPS) is 20.2. The fourth-order valence-electron chi connectivity index (χ4n) is 8.96. The van der Waals surface area contributed by atoms with E-state index in [2.05, 4.69) is 115 Å². The molecule has 1 atom stereocenters. The zero-order valence-electron chi connectivity index (χ0n) is 25.5. The molecule has 0 fully saturated rings. The van der Waals surface area contributed by atoms with Gasteiger partial charge in [-0.15, -0.1) is 0 Å². The van der Waals surface area contributed by atoms with Gasteiger partial charge in [-0.3, -0.25) is 0 Å². The number of rotatable bonds is 6. The van der Waals surface area contributed by atoms with Crippen LogP contribution in [-0.2, 0) is 10.8 Å². The smallest absolute Gasteiger partial charge is 0.0437 e. The molecule has 1 unspecified atom stereocenters. The van der Waals surface area contributed by atoms with E-state index < -0.39 is 0 Å². The molecule has 4 aromatic carbocycles. The van der Waals surface area contributed by atoms with E-state index in [4.69, 9.17) is 0 Å². The van der Waals surface area contributed by atoms with Crippen molar-refractivity contribution in [2.24, 2.45) is 11.8 Å². The van der Waals surface area contributed by atoms with Crippen molar-refractivity contribution in [3.05, 3.63) is 106 Å². The fraction of sp³-hybridized carbons (Fsp3) is 0.400. The van der Waals surface area contributed by atoms with E-state index in [1.54, 1.807) is 33.4 Å². The predicted molar refractivity (Wildman–Crippen MR) is 173 cm³/mol. The average Bonchev–Trinajstić information content (AvgIpc) is 3.20. The highest BCUT2D eigenvalue weighted by atomic mass is 14.5. The van der Waals surface area contributed by atoms with Gasteiger partial charge < -0.3 is 0 Å². The van der Waals surface area contributed by atoms with Crippen LogP contribution in [0.1, 0.15) is 101 Å². The maximum atomic E-state index is 2.75. The van der Waals surface area contributed by atoms with Crippen molar-refractivity contribution in [1.29, 1.82) is 0 Å². The summed E-state index contributed by atoms with van der Waals surface area (Å²) in [5, 5.41) is 5.72. The molecule has 0 radical (unpaired) electrons. The van der Waals surface area contributed by atoms with Crippen molar-refractivity contribution in [2.75, 3.05) is 0 Å². The third-order valence-corrected chi connectivity index (χ3v) is 11.1. The van der Waals surface area contributed by atoms with Gasteiger partial charge in [-0.25, -0.2) is 0 Å². The van der Waals surface area contributed by atoms with Gasteiger partial charge in [0.15, 0.2) is 0 Å². The summed E-state index contributed by atoms with van der Waals surface area (Å²) in [6.45, 7) is 16.7. The minimum absolute atomic E-state index is 0.0708. The first-order valence-electron chi connectivity index (χ1n) is 15.9. The molecule has 0 bridgehead atoms. The lowest BCUT2D eigenvalue weighted by atomic mass is 9.65. The first-order chi connectivity index (χ1) is 19.3. The Kier molecular flexibility index (Phi) is 5.77. The van der Waals surface area contributed by atoms with E-state index in [0.29, 0.717) is 11.8 Å². The predicted octanol–water partition coefficient (Wildman–Crippen LogP) is 11.3. The monoisotopic (exact) mass is 524 g/mol. The maximum absolute atomic E-state index is 2.75. The molecule has 0 heterocycles. The maximum Gasteiger partial charge on any atom is 0.0437 e. The van der Waals surface area contributed by atoms with Crippen molar-refractivity contribution in [1.82, 2.24) is 0 Å². The third kappa shape index (κ3) is 3.26. The molecule has 0 saturated carbocycles. The zero-order valence-corrected chi connectivity index (χ0v) is 25.5. The molecule has 0 saturated heterocycles. The summed E-state index contributed by atoms with van der Waals surface area (Å²) in [4.78, 5) is 0. The number of benzene rings is 4. The van der Waals surface area contributed by atoms with Crippen LogP contribution in [-0.4, -0.2) is 0 Å². The van der Waals surface area contributed by atoms with Crippen LogP contribution in [0.25, 0.3) is 32.7 Å². The summed E-state index contributed by atoms with van der Waals surface area (Å²) in [6, 6.07) is 21.7. The fourth-order valence-corrected chi connectivity index (χ4v) is 8.96. The van der Waals surface area contributed by atoms with Crippen LogP contribution in [0.3, 0.4) is 0 Å². The Bertz CT molecular complexity index is 1750. The molecule has 3 aliphatic rings. The molecule has 0 aliphatic heterocycles. The van der Waals surface area contributed by atoms with Crippen LogP contribution in [0.2, 0.25) is 0 Å². The standard InChI is InChI=1S/C40H44/c1-8-25(9-2)29-20-30(26(10-3)11-4)23-40(22-29)33-18-17-27-13-12-14-32-35(27)36(33)37-34(40)21-28-16-15-24(5)19-31(28)38(37)39(32,6)7/h12-22,25-26H,8-11,23H2,1-7H3. The van der Waals surface area contributed by atoms with Gasteiger partial charge in [0.2, 0.25) is 0 Å². The SMILES string of the molecule is CCC(CC)C1=CC2(CC(C(CC)CC)=C1)c1cc3ccc(C)cc3c3c1-c1c2ccc2cccc(c12)C3(C)C. The Hall–Kier alpha value is -3.12. The summed E-state index contributed by atoms with van der Waals surface area (Å²) < 4.78 is 0. The molecule has 0 amide bonds. The van der Waals surface area contributed by atoms with Gasteiger partial charge in [0, 0.05) is 10.8 Å². The molecule has 0 aromatic heterocycles. The van der Waals surface area contributed by atoms with Crippen molar-refractivity contribution in [2.45, 2.75) is 91.4 Å². The number of hydrogen-bond acceptors (Lipinski definition) is 0. The van der Waals surface area contributed by atoms with E-state index in [0.717, 1.165) is 6.42 Å². The Labute approximate surface area is 241 Å². The molecule has 0 nitrogen and oxygen atoms in total. The molecule has 0 heteroatoms. The van der Waals surface area contributed by atoms with Gasteiger partial charge in [0.1, 0.15) is 0 Å². The van der Waals surface area contributed by atoms with Crippen LogP contribution in [0.15, 0.2) is 77.9 Å². The first-order valence-corrected chi connectivity index (χ1v) is 15.9. The molecule has 204 valence electrons. The average molecular weight is 525 g/mol. The van der Waals surface area contributed by atoms with Gasteiger partial charge in [0.25, 0.3) is 0 Å². The van der Waals surface area contributed by atoms with E-state index in [1.165, 1.54) is 63.9 Å². The molecule has 1 spiro atoms. The lowest BCUT2D eigenvalue weighted by Crippen LogP contribution is -2.29. The second-order valence-electron chi connectivity index (χ2n) is 13.5. The van der Waals surface area contributed by atoms with Gasteiger partial charge in [-0.2, -0.15) is 0 Å². The van der Waals surface area contributed by atoms with E-state index >= 15 is 0 Å². The van der Waals surface area contributed by atoms with Gasteiger partial charge in [0.05, 0.1) is 0 Å². The first kappa shape index (κ1) is 25.8. The highest BCUT2D eigenvalue weighted by molar-refractivity contribution is 6.12. The Balaban J connectivity index is 1.67. The van der Waals surface area contributed by atoms with E-state index in [9.17, 15) is 0 Å². The van der Waals surface area contributed by atoms with Crippen LogP contribution in [0.5, 0.6) is 0 Å². The number of aryl methyl sites for hydroxylation is 1. The van der Waals surface area contributed by atoms with Crippen LogP contribution in [0, 0.1) is 18.8 Å². The second-order valence-corrected chi connectivity index (χ2v) is 13.5. The number of fused-ring (bicyclic) bond motifs is 4. The third-order valence-electron chi connectivity index (χ3n) is 11.1. The Morgan fingerprint density at radius 2 is 1.45 bits per heavy atom. The molecule has 40 heavy (non-hydrogen) atoms. The van der Waals surface area contributed by atoms with Crippen LogP contribution < -0.4 is 0 Å². The minimum atomic E-state index is -0.106. The summed E-state index contributed by atoms with van der Waals surface area (Å²) in [5.74, 6) is 1.25. The molecule has 0 N–H and O–H groups in total. The summed E-state index contributed by atoms with van der Waals surface area (Å²) >= 11 is 0.